The Hall–Kier alpha value is -3.81. The Morgan fingerprint density at radius 2 is 2.00 bits per heavy atom. The van der Waals surface area contributed by atoms with Crippen LogP contribution in [-0.2, 0) is 7.05 Å². The Balaban J connectivity index is 1.60. The number of carbonyl (C=O) groups excluding carboxylic acids is 2. The molecule has 2 aromatic carbocycles. The normalized spacial score (nSPS) is 11.9. The predicted octanol–water partition coefficient (Wildman–Crippen LogP) is 1.85. The number of rotatable bonds is 7. The summed E-state index contributed by atoms with van der Waals surface area (Å²) in [5.74, 6) is 0.0358. The maximum Gasteiger partial charge on any atom is 0.319 e. The summed E-state index contributed by atoms with van der Waals surface area (Å²) in [6.07, 6.45) is -1.05. The van der Waals surface area contributed by atoms with Gasteiger partial charge in [-0.3, -0.25) is 4.79 Å². The molecule has 6 N–H and O–H groups in total. The Labute approximate surface area is 201 Å². The van der Waals surface area contributed by atoms with Gasteiger partial charge in [0.2, 0.25) is 0 Å². The summed E-state index contributed by atoms with van der Waals surface area (Å²) in [7, 11) is 1.72. The molecule has 0 radical (unpaired) electrons. The number of aromatic nitrogens is 5. The molecule has 2 heterocycles. The molecule has 4 rings (SSSR count). The third-order valence-corrected chi connectivity index (χ3v) is 5.57. The second-order valence-corrected chi connectivity index (χ2v) is 8.31. The van der Waals surface area contributed by atoms with Gasteiger partial charge in [-0.25, -0.2) is 9.89 Å². The van der Waals surface area contributed by atoms with Crippen molar-refractivity contribution in [1.29, 1.82) is 0 Å². The molecule has 12 nitrogen and oxygen atoms in total. The summed E-state index contributed by atoms with van der Waals surface area (Å²) in [5.41, 5.74) is 2.60. The van der Waals surface area contributed by atoms with Crippen LogP contribution in [0.4, 0.5) is 16.2 Å². The number of nitrogens with zero attached hydrogens (tertiary/aromatic N) is 4. The van der Waals surface area contributed by atoms with Crippen molar-refractivity contribution in [3.63, 3.8) is 0 Å². The molecule has 0 saturated heterocycles. The Kier molecular flexibility index (Phi) is 6.86. The Morgan fingerprint density at radius 3 is 2.74 bits per heavy atom. The second-order valence-electron chi connectivity index (χ2n) is 7.40. The van der Waals surface area contributed by atoms with E-state index in [1.54, 1.807) is 48.0 Å². The van der Waals surface area contributed by atoms with Gasteiger partial charge in [0, 0.05) is 29.0 Å². The third kappa shape index (κ3) is 4.90. The maximum atomic E-state index is 13.2. The van der Waals surface area contributed by atoms with Crippen molar-refractivity contribution in [2.24, 2.45) is 7.05 Å². The summed E-state index contributed by atoms with van der Waals surface area (Å²) < 4.78 is 2.47. The quantitative estimate of drug-likeness (QED) is 0.212. The summed E-state index contributed by atoms with van der Waals surface area (Å²) in [6.45, 7) is -0.561. The zero-order chi connectivity index (χ0) is 24.2. The van der Waals surface area contributed by atoms with E-state index < -0.39 is 18.7 Å². The number of amides is 3. The van der Waals surface area contributed by atoms with Gasteiger partial charge in [-0.1, -0.05) is 28.1 Å². The van der Waals surface area contributed by atoms with Crippen molar-refractivity contribution >= 4 is 50.1 Å². The molecule has 4 aromatic rings. The zero-order valence-electron chi connectivity index (χ0n) is 17.9. The van der Waals surface area contributed by atoms with Crippen molar-refractivity contribution < 1.29 is 19.8 Å². The molecule has 0 aliphatic heterocycles. The fraction of sp³-hybridized carbons (Fsp3) is 0.190. The van der Waals surface area contributed by atoms with E-state index in [2.05, 4.69) is 52.5 Å². The van der Waals surface area contributed by atoms with Crippen molar-refractivity contribution in [1.82, 2.24) is 30.5 Å². The predicted molar refractivity (Wildman–Crippen MR) is 128 cm³/mol. The topological polar surface area (TPSA) is 170 Å². The summed E-state index contributed by atoms with van der Waals surface area (Å²) in [4.78, 5) is 25.4. The van der Waals surface area contributed by atoms with Crippen molar-refractivity contribution in [3.05, 3.63) is 52.6 Å². The van der Waals surface area contributed by atoms with Crippen molar-refractivity contribution in [2.75, 3.05) is 23.8 Å². The van der Waals surface area contributed by atoms with E-state index in [-0.39, 0.29) is 12.5 Å². The average Bonchev–Trinajstić information content (AvgIpc) is 3.47. The minimum Gasteiger partial charge on any atom is -0.394 e. The average molecular weight is 529 g/mol. The lowest BCUT2D eigenvalue weighted by atomic mass is 10.1. The van der Waals surface area contributed by atoms with Crippen LogP contribution < -0.4 is 16.0 Å². The molecule has 13 heteroatoms. The number of aromatic amines is 1. The highest BCUT2D eigenvalue weighted by Gasteiger charge is 2.19. The maximum absolute atomic E-state index is 13.2. The molecule has 0 bridgehead atoms. The molecule has 0 saturated carbocycles. The molecular formula is C21H21BrN8O4. The largest absolute Gasteiger partial charge is 0.394 e. The number of aryl methyl sites for hydroxylation is 1. The second kappa shape index (κ2) is 9.99. The highest BCUT2D eigenvalue weighted by atomic mass is 79.9. The van der Waals surface area contributed by atoms with E-state index >= 15 is 0 Å². The van der Waals surface area contributed by atoms with Crippen LogP contribution in [0.1, 0.15) is 10.5 Å². The van der Waals surface area contributed by atoms with Gasteiger partial charge in [0.25, 0.3) is 5.91 Å². The molecule has 0 fully saturated rings. The number of fused-ring (bicyclic) bond motifs is 1. The van der Waals surface area contributed by atoms with Crippen LogP contribution in [0.25, 0.3) is 22.3 Å². The number of aliphatic hydroxyl groups excluding tert-OH is 2. The Bertz CT molecular complexity index is 1340. The number of urea groups is 1. The molecule has 0 aliphatic rings. The minimum absolute atomic E-state index is 0.102. The van der Waals surface area contributed by atoms with E-state index in [0.717, 1.165) is 9.86 Å². The SMILES string of the molecule is Cn1c(C(=O)Nc2ccc(Br)cc2-c2nnn[nH]2)cc2cccc(NC(=O)NCC(O)CO)c21. The standard InChI is InChI=1S/C21H21BrN8O4/c1-30-17(20(33)24-15-6-5-12(22)8-14(15)19-26-28-29-27-19)7-11-3-2-4-16(18(11)30)25-21(34)23-9-13(32)10-31/h2-8,13,31-32H,9-10H2,1H3,(H,24,33)(H2,23,25,34)(H,26,27,28,29). The number of hydrogen-bond donors (Lipinski definition) is 6. The highest BCUT2D eigenvalue weighted by Crippen LogP contribution is 2.30. The van der Waals surface area contributed by atoms with Gasteiger partial charge >= 0.3 is 6.03 Å². The first-order valence-corrected chi connectivity index (χ1v) is 10.9. The first kappa shape index (κ1) is 23.4. The molecule has 176 valence electrons. The zero-order valence-corrected chi connectivity index (χ0v) is 19.5. The number of para-hydroxylation sites is 1. The number of H-pyrrole nitrogens is 1. The van der Waals surface area contributed by atoms with Gasteiger partial charge in [0.15, 0.2) is 5.82 Å². The van der Waals surface area contributed by atoms with Gasteiger partial charge in [0.1, 0.15) is 5.69 Å². The van der Waals surface area contributed by atoms with E-state index in [4.69, 9.17) is 5.11 Å². The van der Waals surface area contributed by atoms with E-state index in [0.29, 0.717) is 34.0 Å². The molecule has 3 amide bonds. The van der Waals surface area contributed by atoms with Crippen molar-refractivity contribution in [3.8, 4) is 11.4 Å². The number of tetrazole rings is 1. The van der Waals surface area contributed by atoms with Crippen LogP contribution in [-0.4, -0.2) is 66.6 Å². The Morgan fingerprint density at radius 1 is 1.18 bits per heavy atom. The highest BCUT2D eigenvalue weighted by molar-refractivity contribution is 9.10. The number of carbonyl (C=O) groups is 2. The number of hydrogen-bond acceptors (Lipinski definition) is 7. The van der Waals surface area contributed by atoms with Gasteiger partial charge in [-0.05, 0) is 40.8 Å². The number of anilines is 2. The van der Waals surface area contributed by atoms with E-state index in [1.165, 1.54) is 0 Å². The number of aliphatic hydroxyl groups is 2. The lowest BCUT2D eigenvalue weighted by Crippen LogP contribution is -2.36. The van der Waals surface area contributed by atoms with E-state index in [1.807, 2.05) is 6.07 Å². The van der Waals surface area contributed by atoms with Crippen LogP contribution in [0.15, 0.2) is 46.9 Å². The summed E-state index contributed by atoms with van der Waals surface area (Å²) in [6, 6.07) is 11.8. The van der Waals surface area contributed by atoms with Gasteiger partial charge in [0.05, 0.1) is 29.6 Å². The van der Waals surface area contributed by atoms with Crippen LogP contribution >= 0.6 is 15.9 Å². The molecule has 0 spiro atoms. The lowest BCUT2D eigenvalue weighted by Gasteiger charge is -2.13. The van der Waals surface area contributed by atoms with E-state index in [9.17, 15) is 14.7 Å². The number of benzene rings is 2. The molecule has 2 aromatic heterocycles. The third-order valence-electron chi connectivity index (χ3n) is 5.08. The molecule has 34 heavy (non-hydrogen) atoms. The minimum atomic E-state index is -1.05. The summed E-state index contributed by atoms with van der Waals surface area (Å²) in [5, 5.41) is 40.9. The molecule has 1 atom stereocenters. The van der Waals surface area contributed by atoms with Crippen LogP contribution in [0.2, 0.25) is 0 Å². The monoisotopic (exact) mass is 528 g/mol. The van der Waals surface area contributed by atoms with Crippen molar-refractivity contribution in [2.45, 2.75) is 6.10 Å². The first-order valence-electron chi connectivity index (χ1n) is 10.1. The van der Waals surface area contributed by atoms with Gasteiger partial charge in [-0.2, -0.15) is 0 Å². The van der Waals surface area contributed by atoms with Gasteiger partial charge in [-0.15, -0.1) is 5.10 Å². The lowest BCUT2D eigenvalue weighted by molar-refractivity contribution is 0.0965. The van der Waals surface area contributed by atoms with Crippen LogP contribution in [0, 0.1) is 0 Å². The number of nitrogens with one attached hydrogen (secondary N) is 4. The fourth-order valence-corrected chi connectivity index (χ4v) is 3.82. The molecule has 0 aliphatic carbocycles. The molecule has 1 unspecified atom stereocenters. The summed E-state index contributed by atoms with van der Waals surface area (Å²) >= 11 is 3.41. The first-order chi connectivity index (χ1) is 16.4. The van der Waals surface area contributed by atoms with Crippen LogP contribution in [0.3, 0.4) is 0 Å². The van der Waals surface area contributed by atoms with Crippen LogP contribution in [0.5, 0.6) is 0 Å². The fourth-order valence-electron chi connectivity index (χ4n) is 3.46. The van der Waals surface area contributed by atoms with Gasteiger partial charge < -0.3 is 30.7 Å². The smallest absolute Gasteiger partial charge is 0.319 e. The molecular weight excluding hydrogens is 508 g/mol. The number of halogens is 1.